The molecule has 2 aliphatic rings. The van der Waals surface area contributed by atoms with Crippen molar-refractivity contribution in [3.63, 3.8) is 0 Å². The van der Waals surface area contributed by atoms with Gasteiger partial charge < -0.3 is 19.3 Å². The molecule has 0 spiro atoms. The van der Waals surface area contributed by atoms with E-state index in [2.05, 4.69) is 16.2 Å². The predicted octanol–water partition coefficient (Wildman–Crippen LogP) is 2.85. The highest BCUT2D eigenvalue weighted by atomic mass is 16.5. The number of β-amino-alcohol motifs (C(OH)–C–C–N with tert-alkyl or cyclic N) is 1. The van der Waals surface area contributed by atoms with Crippen LogP contribution in [0.15, 0.2) is 47.0 Å². The van der Waals surface area contributed by atoms with E-state index < -0.39 is 0 Å². The molecule has 2 aromatic carbocycles. The summed E-state index contributed by atoms with van der Waals surface area (Å²) >= 11 is 0. The van der Waals surface area contributed by atoms with Crippen LogP contribution < -0.4 is 4.74 Å². The van der Waals surface area contributed by atoms with E-state index in [1.807, 2.05) is 36.4 Å². The zero-order valence-corrected chi connectivity index (χ0v) is 16.0. The zero-order valence-electron chi connectivity index (χ0n) is 16.0. The first kappa shape index (κ1) is 17.9. The van der Waals surface area contributed by atoms with Gasteiger partial charge in [0.05, 0.1) is 19.8 Å². The zero-order chi connectivity index (χ0) is 20.0. The van der Waals surface area contributed by atoms with Gasteiger partial charge in [0, 0.05) is 24.1 Å². The summed E-state index contributed by atoms with van der Waals surface area (Å²) in [5, 5.41) is 13.6. The van der Waals surface area contributed by atoms with Gasteiger partial charge in [0.1, 0.15) is 5.75 Å². The van der Waals surface area contributed by atoms with Crippen molar-refractivity contribution in [3.05, 3.63) is 53.6 Å². The van der Waals surface area contributed by atoms with E-state index in [1.54, 1.807) is 12.0 Å². The van der Waals surface area contributed by atoms with Crippen LogP contribution >= 0.6 is 0 Å². The molecule has 0 radical (unpaired) electrons. The second-order valence-corrected chi connectivity index (χ2v) is 7.45. The fraction of sp³-hybridized carbons (Fsp3) is 0.318. The number of hydrogen-bond donors (Lipinski definition) is 1. The molecule has 5 rings (SSSR count). The van der Waals surface area contributed by atoms with Gasteiger partial charge in [-0.25, -0.2) is 0 Å². The molecule has 2 heterocycles. The third kappa shape index (κ3) is 2.89. The number of carbonyl (C=O) groups is 1. The number of hydrogen-bond acceptors (Lipinski definition) is 6. The Bertz CT molecular complexity index is 1060. The molecule has 1 saturated heterocycles. The minimum atomic E-state index is -0.0277. The summed E-state index contributed by atoms with van der Waals surface area (Å²) in [6.07, 6.45) is 1.32. The van der Waals surface area contributed by atoms with Gasteiger partial charge in [-0.2, -0.15) is 4.98 Å². The summed E-state index contributed by atoms with van der Waals surface area (Å²) in [7, 11) is 1.63. The number of likely N-dealkylation sites (tertiary alicyclic amines) is 1. The maximum Gasteiger partial charge on any atom is 0.258 e. The Kier molecular flexibility index (Phi) is 4.32. The van der Waals surface area contributed by atoms with Gasteiger partial charge in [-0.05, 0) is 47.7 Å². The van der Waals surface area contributed by atoms with Crippen molar-refractivity contribution < 1.29 is 19.2 Å². The molecule has 148 valence electrons. The molecule has 7 heteroatoms. The van der Waals surface area contributed by atoms with Crippen LogP contribution in [-0.2, 0) is 11.2 Å². The Morgan fingerprint density at radius 1 is 1.21 bits per heavy atom. The monoisotopic (exact) mass is 391 g/mol. The number of amides is 1. The van der Waals surface area contributed by atoms with Gasteiger partial charge in [-0.15, -0.1) is 0 Å². The van der Waals surface area contributed by atoms with E-state index >= 15 is 0 Å². The Labute approximate surface area is 167 Å². The molecule has 1 aliphatic carbocycles. The van der Waals surface area contributed by atoms with Crippen molar-refractivity contribution in [2.45, 2.75) is 18.9 Å². The first-order valence-electron chi connectivity index (χ1n) is 9.70. The van der Waals surface area contributed by atoms with E-state index in [-0.39, 0.29) is 24.5 Å². The molecule has 3 aromatic rings. The minimum absolute atomic E-state index is 0.0255. The Hall–Kier alpha value is -3.19. The molecule has 1 N–H and O–H groups in total. The molecular formula is C22H21N3O4. The lowest BCUT2D eigenvalue weighted by molar-refractivity contribution is -0.129. The molecule has 1 fully saturated rings. The lowest BCUT2D eigenvalue weighted by atomic mass is 10.0. The van der Waals surface area contributed by atoms with Gasteiger partial charge in [0.25, 0.3) is 5.89 Å². The summed E-state index contributed by atoms with van der Waals surface area (Å²) in [4.78, 5) is 18.7. The summed E-state index contributed by atoms with van der Waals surface area (Å²) in [6, 6.07) is 13.5. The van der Waals surface area contributed by atoms with Gasteiger partial charge >= 0.3 is 0 Å². The normalized spacial score (nSPS) is 20.1. The molecular weight excluding hydrogens is 370 g/mol. The summed E-state index contributed by atoms with van der Waals surface area (Å²) in [5.74, 6) is 2.12. The number of rotatable bonds is 5. The van der Waals surface area contributed by atoms with Crippen LogP contribution in [0.5, 0.6) is 5.75 Å². The topological polar surface area (TPSA) is 88.7 Å². The molecule has 29 heavy (non-hydrogen) atoms. The van der Waals surface area contributed by atoms with Crippen LogP contribution in [0.3, 0.4) is 0 Å². The van der Waals surface area contributed by atoms with Crippen molar-refractivity contribution in [2.75, 3.05) is 20.3 Å². The van der Waals surface area contributed by atoms with Gasteiger partial charge in [0.2, 0.25) is 11.7 Å². The number of aromatic nitrogens is 2. The van der Waals surface area contributed by atoms with E-state index in [0.717, 1.165) is 28.9 Å². The largest absolute Gasteiger partial charge is 0.497 e. The number of carbonyl (C=O) groups excluding carboxylic acids is 1. The second-order valence-electron chi connectivity index (χ2n) is 7.45. The van der Waals surface area contributed by atoms with Crippen molar-refractivity contribution in [2.24, 2.45) is 5.92 Å². The van der Waals surface area contributed by atoms with Crippen LogP contribution in [0.1, 0.15) is 23.6 Å². The number of aliphatic hydroxyl groups is 1. The highest BCUT2D eigenvalue weighted by Gasteiger charge is 2.46. The molecule has 1 aliphatic heterocycles. The fourth-order valence-corrected chi connectivity index (χ4v) is 4.60. The lowest BCUT2D eigenvalue weighted by Crippen LogP contribution is -2.30. The number of fused-ring (bicyclic) bond motifs is 3. The maximum atomic E-state index is 12.3. The predicted molar refractivity (Wildman–Crippen MR) is 105 cm³/mol. The molecule has 0 saturated carbocycles. The Balaban J connectivity index is 1.49. The van der Waals surface area contributed by atoms with Gasteiger partial charge in [-0.1, -0.05) is 23.4 Å². The van der Waals surface area contributed by atoms with E-state index in [0.29, 0.717) is 24.7 Å². The summed E-state index contributed by atoms with van der Waals surface area (Å²) < 4.78 is 10.7. The SMILES string of the molecule is COc1ccc(-c2nc(-c3cccc4c3C[C@@H]3CC(=O)N(CCO)[C@H]43)no2)cc1. The minimum Gasteiger partial charge on any atom is -0.497 e. The summed E-state index contributed by atoms with van der Waals surface area (Å²) in [5.41, 5.74) is 4.06. The van der Waals surface area contributed by atoms with Crippen LogP contribution in [0.4, 0.5) is 0 Å². The van der Waals surface area contributed by atoms with Gasteiger partial charge in [-0.3, -0.25) is 4.79 Å². The molecule has 0 unspecified atom stereocenters. The van der Waals surface area contributed by atoms with Crippen molar-refractivity contribution in [1.29, 1.82) is 0 Å². The molecule has 2 atom stereocenters. The first-order chi connectivity index (χ1) is 14.2. The molecule has 1 amide bonds. The summed E-state index contributed by atoms with van der Waals surface area (Å²) in [6.45, 7) is 0.341. The van der Waals surface area contributed by atoms with Crippen molar-refractivity contribution >= 4 is 5.91 Å². The smallest absolute Gasteiger partial charge is 0.258 e. The average Bonchev–Trinajstić information content (AvgIpc) is 3.43. The third-order valence-corrected chi connectivity index (χ3v) is 5.88. The van der Waals surface area contributed by atoms with Crippen molar-refractivity contribution in [1.82, 2.24) is 15.0 Å². The van der Waals surface area contributed by atoms with Crippen LogP contribution in [-0.4, -0.2) is 46.3 Å². The van der Waals surface area contributed by atoms with Crippen LogP contribution in [0.2, 0.25) is 0 Å². The van der Waals surface area contributed by atoms with Crippen LogP contribution in [0, 0.1) is 5.92 Å². The Morgan fingerprint density at radius 2 is 2.03 bits per heavy atom. The highest BCUT2D eigenvalue weighted by molar-refractivity contribution is 5.81. The van der Waals surface area contributed by atoms with Crippen molar-refractivity contribution in [3.8, 4) is 28.6 Å². The number of methoxy groups -OCH3 is 1. The highest BCUT2D eigenvalue weighted by Crippen LogP contribution is 2.49. The molecule has 0 bridgehead atoms. The quantitative estimate of drug-likeness (QED) is 0.719. The molecule has 1 aromatic heterocycles. The second kappa shape index (κ2) is 7.00. The Morgan fingerprint density at radius 3 is 2.79 bits per heavy atom. The maximum absolute atomic E-state index is 12.3. The van der Waals surface area contributed by atoms with E-state index in [4.69, 9.17) is 9.26 Å². The standard InChI is InChI=1S/C22H21N3O4/c1-28-15-7-5-13(6-8-15)22-23-21(24-29-22)17-4-2-3-16-18(17)11-14-12-19(27)25(9-10-26)20(14)16/h2-8,14,20,26H,9-12H2,1H3/t14-,20+/m1/s1. The average molecular weight is 391 g/mol. The number of aliphatic hydroxyl groups excluding tert-OH is 1. The first-order valence-corrected chi connectivity index (χ1v) is 9.70. The van der Waals surface area contributed by atoms with E-state index in [1.165, 1.54) is 5.56 Å². The van der Waals surface area contributed by atoms with Crippen LogP contribution in [0.25, 0.3) is 22.8 Å². The van der Waals surface area contributed by atoms with Gasteiger partial charge in [0.15, 0.2) is 0 Å². The number of ether oxygens (including phenoxy) is 1. The van der Waals surface area contributed by atoms with E-state index in [9.17, 15) is 9.90 Å². The lowest BCUT2D eigenvalue weighted by Gasteiger charge is -2.24. The third-order valence-electron chi connectivity index (χ3n) is 5.88. The fourth-order valence-electron chi connectivity index (χ4n) is 4.60. The number of benzene rings is 2. The number of nitrogens with zero attached hydrogens (tertiary/aromatic N) is 3. The molecule has 7 nitrogen and oxygen atoms in total.